The van der Waals surface area contributed by atoms with E-state index < -0.39 is 0 Å². The highest BCUT2D eigenvalue weighted by Crippen LogP contribution is 2.16. The molecule has 0 bridgehead atoms. The third-order valence-electron chi connectivity index (χ3n) is 2.08. The molecule has 1 nitrogen and oxygen atoms in total. The van der Waals surface area contributed by atoms with Gasteiger partial charge in [0, 0.05) is 17.8 Å². The number of pyridine rings is 1. The molecule has 1 heteroatoms. The van der Waals surface area contributed by atoms with Gasteiger partial charge in [-0.25, -0.2) is 0 Å². The van der Waals surface area contributed by atoms with Crippen molar-refractivity contribution in [2.24, 2.45) is 0 Å². The van der Waals surface area contributed by atoms with Crippen LogP contribution in [0.4, 0.5) is 0 Å². The Labute approximate surface area is 80.5 Å². The van der Waals surface area contributed by atoms with Crippen molar-refractivity contribution in [3.63, 3.8) is 0 Å². The monoisotopic (exact) mass is 175 g/mol. The van der Waals surface area contributed by atoms with E-state index in [0.717, 1.165) is 12.8 Å². The normalized spacial score (nSPS) is 13.4. The first-order valence-corrected chi connectivity index (χ1v) is 4.90. The minimum Gasteiger partial charge on any atom is -0.261 e. The molecule has 0 fully saturated rings. The molecule has 0 radical (unpaired) electrons. The van der Waals surface area contributed by atoms with E-state index in [1.54, 1.807) is 0 Å². The molecule has 0 spiro atoms. The molecule has 13 heavy (non-hydrogen) atoms. The Morgan fingerprint density at radius 1 is 1.38 bits per heavy atom. The van der Waals surface area contributed by atoms with Crippen LogP contribution in [0.25, 0.3) is 0 Å². The maximum atomic E-state index is 4.32. The molecule has 0 aliphatic rings. The Balaban J connectivity index is 2.49. The molecule has 0 N–H and O–H groups in total. The summed E-state index contributed by atoms with van der Waals surface area (Å²) in [4.78, 5) is 4.32. The molecular formula is C12H17N. The SMILES string of the molecule is CC/C=C\CC(C)c1ccccn1. The first-order chi connectivity index (χ1) is 6.34. The van der Waals surface area contributed by atoms with Gasteiger partial charge in [0.15, 0.2) is 0 Å². The first-order valence-electron chi connectivity index (χ1n) is 4.90. The van der Waals surface area contributed by atoms with Crippen molar-refractivity contribution >= 4 is 0 Å². The minimum absolute atomic E-state index is 0.531. The minimum atomic E-state index is 0.531. The van der Waals surface area contributed by atoms with Crippen molar-refractivity contribution in [3.8, 4) is 0 Å². The molecule has 0 saturated carbocycles. The van der Waals surface area contributed by atoms with E-state index >= 15 is 0 Å². The van der Waals surface area contributed by atoms with Crippen LogP contribution in [-0.2, 0) is 0 Å². The van der Waals surface area contributed by atoms with Gasteiger partial charge in [-0.1, -0.05) is 32.1 Å². The molecule has 70 valence electrons. The molecule has 1 rings (SSSR count). The third-order valence-corrected chi connectivity index (χ3v) is 2.08. The summed E-state index contributed by atoms with van der Waals surface area (Å²) < 4.78 is 0. The summed E-state index contributed by atoms with van der Waals surface area (Å²) in [5.41, 5.74) is 1.18. The molecule has 0 aliphatic heterocycles. The number of hydrogen-bond acceptors (Lipinski definition) is 1. The number of hydrogen-bond donors (Lipinski definition) is 0. The van der Waals surface area contributed by atoms with Crippen LogP contribution in [0.5, 0.6) is 0 Å². The molecule has 0 aromatic carbocycles. The van der Waals surface area contributed by atoms with E-state index in [0.29, 0.717) is 5.92 Å². The van der Waals surface area contributed by atoms with Crippen LogP contribution in [0.3, 0.4) is 0 Å². The van der Waals surface area contributed by atoms with Gasteiger partial charge in [0.1, 0.15) is 0 Å². The molecule has 1 aromatic rings. The van der Waals surface area contributed by atoms with Crippen LogP contribution in [-0.4, -0.2) is 4.98 Å². The lowest BCUT2D eigenvalue weighted by Crippen LogP contribution is -1.94. The quantitative estimate of drug-likeness (QED) is 0.638. The summed E-state index contributed by atoms with van der Waals surface area (Å²) in [5, 5.41) is 0. The maximum Gasteiger partial charge on any atom is 0.0434 e. The standard InChI is InChI=1S/C12H17N/c1-3-4-5-8-11(2)12-9-6-7-10-13-12/h4-7,9-11H,3,8H2,1-2H3/b5-4-. The van der Waals surface area contributed by atoms with Crippen molar-refractivity contribution < 1.29 is 0 Å². The second kappa shape index (κ2) is 5.52. The summed E-state index contributed by atoms with van der Waals surface area (Å²) in [7, 11) is 0. The Kier molecular flexibility index (Phi) is 4.24. The maximum absolute atomic E-state index is 4.32. The van der Waals surface area contributed by atoms with Crippen molar-refractivity contribution in [3.05, 3.63) is 42.2 Å². The zero-order valence-corrected chi connectivity index (χ0v) is 8.40. The van der Waals surface area contributed by atoms with E-state index in [1.165, 1.54) is 5.69 Å². The van der Waals surface area contributed by atoms with Gasteiger partial charge < -0.3 is 0 Å². The summed E-state index contributed by atoms with van der Waals surface area (Å²) in [6.07, 6.45) is 8.51. The van der Waals surface area contributed by atoms with Crippen LogP contribution in [0.15, 0.2) is 36.5 Å². The number of allylic oxidation sites excluding steroid dienone is 2. The number of rotatable bonds is 4. The highest BCUT2D eigenvalue weighted by atomic mass is 14.7. The van der Waals surface area contributed by atoms with Crippen LogP contribution in [0.2, 0.25) is 0 Å². The molecule has 1 unspecified atom stereocenters. The number of aromatic nitrogens is 1. The highest BCUT2D eigenvalue weighted by Gasteiger charge is 2.02. The average Bonchev–Trinajstić information content (AvgIpc) is 2.19. The summed E-state index contributed by atoms with van der Waals surface area (Å²) >= 11 is 0. The van der Waals surface area contributed by atoms with E-state index in [-0.39, 0.29) is 0 Å². The Morgan fingerprint density at radius 3 is 2.85 bits per heavy atom. The molecule has 0 saturated heterocycles. The largest absolute Gasteiger partial charge is 0.261 e. The second-order valence-corrected chi connectivity index (χ2v) is 3.27. The summed E-state index contributed by atoms with van der Waals surface area (Å²) in [6.45, 7) is 4.37. The predicted molar refractivity (Wildman–Crippen MR) is 56.7 cm³/mol. The van der Waals surface area contributed by atoms with Crippen molar-refractivity contribution in [1.82, 2.24) is 4.98 Å². The molecule has 1 heterocycles. The van der Waals surface area contributed by atoms with E-state index in [2.05, 4.69) is 37.0 Å². The lowest BCUT2D eigenvalue weighted by Gasteiger charge is -2.06. The van der Waals surface area contributed by atoms with E-state index in [4.69, 9.17) is 0 Å². The van der Waals surface area contributed by atoms with Crippen LogP contribution < -0.4 is 0 Å². The van der Waals surface area contributed by atoms with Gasteiger partial charge >= 0.3 is 0 Å². The Morgan fingerprint density at radius 2 is 2.23 bits per heavy atom. The first kappa shape index (κ1) is 9.97. The third kappa shape index (κ3) is 3.41. The van der Waals surface area contributed by atoms with E-state index in [9.17, 15) is 0 Å². The fourth-order valence-electron chi connectivity index (χ4n) is 1.26. The molecular weight excluding hydrogens is 158 g/mol. The molecule has 0 amide bonds. The second-order valence-electron chi connectivity index (χ2n) is 3.27. The summed E-state index contributed by atoms with van der Waals surface area (Å²) in [6, 6.07) is 6.09. The van der Waals surface area contributed by atoms with Gasteiger partial charge in [0.2, 0.25) is 0 Å². The fraction of sp³-hybridized carbons (Fsp3) is 0.417. The predicted octanol–water partition coefficient (Wildman–Crippen LogP) is 3.54. The molecule has 0 aliphatic carbocycles. The van der Waals surface area contributed by atoms with Crippen LogP contribution >= 0.6 is 0 Å². The zero-order chi connectivity index (χ0) is 9.52. The van der Waals surface area contributed by atoms with Gasteiger partial charge in [-0.15, -0.1) is 0 Å². The topological polar surface area (TPSA) is 12.9 Å². The fourth-order valence-corrected chi connectivity index (χ4v) is 1.26. The van der Waals surface area contributed by atoms with Crippen molar-refractivity contribution in [2.75, 3.05) is 0 Å². The van der Waals surface area contributed by atoms with Crippen molar-refractivity contribution in [1.29, 1.82) is 0 Å². The zero-order valence-electron chi connectivity index (χ0n) is 8.40. The highest BCUT2D eigenvalue weighted by molar-refractivity contribution is 5.09. The van der Waals surface area contributed by atoms with E-state index in [1.807, 2.05) is 18.3 Å². The van der Waals surface area contributed by atoms with Gasteiger partial charge in [0.25, 0.3) is 0 Å². The Bertz CT molecular complexity index is 251. The number of nitrogens with zero attached hydrogens (tertiary/aromatic N) is 1. The summed E-state index contributed by atoms with van der Waals surface area (Å²) in [5.74, 6) is 0.531. The molecule has 1 aromatic heterocycles. The van der Waals surface area contributed by atoms with Crippen LogP contribution in [0.1, 0.15) is 38.3 Å². The van der Waals surface area contributed by atoms with Gasteiger partial charge in [-0.3, -0.25) is 4.98 Å². The van der Waals surface area contributed by atoms with Gasteiger partial charge in [-0.2, -0.15) is 0 Å². The van der Waals surface area contributed by atoms with Gasteiger partial charge in [0.05, 0.1) is 0 Å². The Hall–Kier alpha value is -1.11. The van der Waals surface area contributed by atoms with Crippen molar-refractivity contribution in [2.45, 2.75) is 32.6 Å². The average molecular weight is 175 g/mol. The smallest absolute Gasteiger partial charge is 0.0434 e. The van der Waals surface area contributed by atoms with Crippen LogP contribution in [0, 0.1) is 0 Å². The van der Waals surface area contributed by atoms with Gasteiger partial charge in [-0.05, 0) is 25.0 Å². The lowest BCUT2D eigenvalue weighted by atomic mass is 10.0. The lowest BCUT2D eigenvalue weighted by molar-refractivity contribution is 0.748. The molecule has 1 atom stereocenters.